The maximum Gasteiger partial charge on any atom is 0.377 e. The number of ether oxygens (including phenoxy) is 2. The number of esters is 2. The normalized spacial score (nSPS) is 36.5. The number of hydrogen-bond acceptors (Lipinski definition) is 6. The average Bonchev–Trinajstić information content (AvgIpc) is 3.21. The van der Waals surface area contributed by atoms with Gasteiger partial charge < -0.3 is 9.47 Å². The maximum atomic E-state index is 13.3. The lowest BCUT2D eigenvalue weighted by Crippen LogP contribution is -2.45. The second-order valence-corrected chi connectivity index (χ2v) is 10.4. The van der Waals surface area contributed by atoms with Crippen LogP contribution in [0.4, 0.5) is 17.6 Å². The predicted octanol–water partition coefficient (Wildman–Crippen LogP) is 3.73. The molecule has 0 aromatic rings. The van der Waals surface area contributed by atoms with Gasteiger partial charge in [-0.15, -0.1) is 23.5 Å². The number of carbonyl (C=O) groups is 2. The van der Waals surface area contributed by atoms with Gasteiger partial charge in [-0.1, -0.05) is 0 Å². The molecule has 0 aromatic carbocycles. The number of alkyl halides is 4. The molecule has 1 spiro atoms. The second kappa shape index (κ2) is 6.76. The second-order valence-electron chi connectivity index (χ2n) is 7.24. The van der Waals surface area contributed by atoms with Gasteiger partial charge >= 0.3 is 23.8 Å². The van der Waals surface area contributed by atoms with Crippen molar-refractivity contribution in [1.82, 2.24) is 0 Å². The van der Waals surface area contributed by atoms with Gasteiger partial charge in [0.1, 0.15) is 16.8 Å². The summed E-state index contributed by atoms with van der Waals surface area (Å²) in [5.74, 6) is -9.45. The van der Waals surface area contributed by atoms with Gasteiger partial charge in [0.2, 0.25) is 0 Å². The van der Waals surface area contributed by atoms with Crippen molar-refractivity contribution >= 4 is 35.5 Å². The van der Waals surface area contributed by atoms with E-state index in [1.54, 1.807) is 0 Å². The quantitative estimate of drug-likeness (QED) is 0.503. The van der Waals surface area contributed by atoms with Crippen LogP contribution < -0.4 is 0 Å². The molecule has 3 fully saturated rings. The lowest BCUT2D eigenvalue weighted by molar-refractivity contribution is -0.177. The van der Waals surface area contributed by atoms with Gasteiger partial charge in [-0.2, -0.15) is 17.6 Å². The maximum absolute atomic E-state index is 13.3. The van der Waals surface area contributed by atoms with Gasteiger partial charge in [0.15, 0.2) is 0 Å². The summed E-state index contributed by atoms with van der Waals surface area (Å²) in [4.78, 5) is 22.9. The Bertz CT molecular complexity index is 592. The fraction of sp³-hybridized carbons (Fsp3) is 0.875. The summed E-state index contributed by atoms with van der Waals surface area (Å²) in [6.45, 7) is 0.810. The van der Waals surface area contributed by atoms with Gasteiger partial charge in [0.05, 0.1) is 0 Å². The van der Waals surface area contributed by atoms with Crippen molar-refractivity contribution in [2.45, 2.75) is 60.4 Å². The highest BCUT2D eigenvalue weighted by atomic mass is 32.2. The molecule has 0 N–H and O–H groups in total. The standard InChI is InChI=1S/C16H20F4O4S2/c1-14(17,18)12(21)23-6-10-7-25-16(26-10)9-4-3-8(5-9)11(16)24-13(22)15(2,19)20/h8-11H,3-7H2,1-2H3. The zero-order valence-corrected chi connectivity index (χ0v) is 15.9. The molecule has 0 aromatic heterocycles. The van der Waals surface area contributed by atoms with E-state index in [-0.39, 0.29) is 23.7 Å². The Morgan fingerprint density at radius 3 is 2.38 bits per heavy atom. The highest BCUT2D eigenvalue weighted by Crippen LogP contribution is 2.67. The topological polar surface area (TPSA) is 52.6 Å². The first-order chi connectivity index (χ1) is 11.9. The molecule has 2 saturated carbocycles. The first-order valence-electron chi connectivity index (χ1n) is 8.39. The SMILES string of the molecule is CC(F)(F)C(=O)OCC1CSC2(S1)C1CCC(C1)C2OC(=O)C(C)(F)F. The van der Waals surface area contributed by atoms with Crippen molar-refractivity contribution in [1.29, 1.82) is 0 Å². The minimum atomic E-state index is -3.56. The third-order valence-corrected chi connectivity index (χ3v) is 9.07. The van der Waals surface area contributed by atoms with Crippen LogP contribution in [0.1, 0.15) is 33.1 Å². The number of halogens is 4. The Hall–Kier alpha value is -0.640. The van der Waals surface area contributed by atoms with E-state index in [0.29, 0.717) is 19.6 Å². The molecule has 5 atom stereocenters. The van der Waals surface area contributed by atoms with Crippen molar-refractivity contribution in [3.8, 4) is 0 Å². The molecule has 4 nitrogen and oxygen atoms in total. The smallest absolute Gasteiger partial charge is 0.377 e. The van der Waals surface area contributed by atoms with Gasteiger partial charge in [-0.25, -0.2) is 9.59 Å². The Kier molecular flexibility index (Phi) is 5.22. The van der Waals surface area contributed by atoms with Crippen molar-refractivity contribution in [3.63, 3.8) is 0 Å². The number of thioether (sulfide) groups is 2. The van der Waals surface area contributed by atoms with Crippen LogP contribution in [0.15, 0.2) is 0 Å². The third kappa shape index (κ3) is 3.68. The largest absolute Gasteiger partial charge is 0.460 e. The monoisotopic (exact) mass is 416 g/mol. The summed E-state index contributed by atoms with van der Waals surface area (Å²) in [7, 11) is 0. The molecular formula is C16H20F4O4S2. The average molecular weight is 416 g/mol. The lowest BCUT2D eigenvalue weighted by atomic mass is 9.96. The molecule has 0 amide bonds. The first-order valence-corrected chi connectivity index (χ1v) is 10.3. The van der Waals surface area contributed by atoms with E-state index in [2.05, 4.69) is 0 Å². The van der Waals surface area contributed by atoms with Crippen LogP contribution in [-0.4, -0.2) is 51.6 Å². The van der Waals surface area contributed by atoms with Gasteiger partial charge in [-0.05, 0) is 31.1 Å². The summed E-state index contributed by atoms with van der Waals surface area (Å²) in [5.41, 5.74) is 0. The zero-order valence-electron chi connectivity index (χ0n) is 14.3. The number of fused-ring (bicyclic) bond motifs is 3. The molecule has 2 bridgehead atoms. The molecule has 10 heteroatoms. The minimum Gasteiger partial charge on any atom is -0.460 e. The van der Waals surface area contributed by atoms with E-state index >= 15 is 0 Å². The fourth-order valence-electron chi connectivity index (χ4n) is 3.91. The van der Waals surface area contributed by atoms with Gasteiger partial charge in [0.25, 0.3) is 0 Å². The summed E-state index contributed by atoms with van der Waals surface area (Å²) < 4.78 is 61.7. The molecule has 3 aliphatic rings. The highest BCUT2D eigenvalue weighted by Gasteiger charge is 2.64. The van der Waals surface area contributed by atoms with E-state index in [1.807, 2.05) is 0 Å². The Labute approximate surface area is 157 Å². The Balaban J connectivity index is 1.66. The summed E-state index contributed by atoms with van der Waals surface area (Å²) in [5, 5.41) is -0.242. The van der Waals surface area contributed by atoms with Crippen LogP contribution in [0.2, 0.25) is 0 Å². The van der Waals surface area contributed by atoms with E-state index in [0.717, 1.165) is 19.3 Å². The van der Waals surface area contributed by atoms with Gasteiger partial charge in [0, 0.05) is 24.9 Å². The molecular weight excluding hydrogens is 396 g/mol. The fourth-order valence-corrected chi connectivity index (χ4v) is 8.10. The molecule has 2 aliphatic carbocycles. The van der Waals surface area contributed by atoms with Crippen LogP contribution in [0, 0.1) is 11.8 Å². The Morgan fingerprint density at radius 2 is 1.77 bits per heavy atom. The van der Waals surface area contributed by atoms with E-state index in [4.69, 9.17) is 9.47 Å². The summed E-state index contributed by atoms with van der Waals surface area (Å²) >= 11 is 2.92. The lowest BCUT2D eigenvalue weighted by Gasteiger charge is -2.39. The van der Waals surface area contributed by atoms with E-state index in [9.17, 15) is 27.2 Å². The van der Waals surface area contributed by atoms with E-state index < -0.39 is 34.0 Å². The van der Waals surface area contributed by atoms with E-state index in [1.165, 1.54) is 23.5 Å². The van der Waals surface area contributed by atoms with Crippen molar-refractivity contribution in [2.24, 2.45) is 11.8 Å². The number of carbonyl (C=O) groups excluding carboxylic acids is 2. The van der Waals surface area contributed by atoms with Gasteiger partial charge in [-0.3, -0.25) is 0 Å². The van der Waals surface area contributed by atoms with Crippen molar-refractivity contribution in [3.05, 3.63) is 0 Å². The van der Waals surface area contributed by atoms with Crippen molar-refractivity contribution < 1.29 is 36.6 Å². The molecule has 1 saturated heterocycles. The zero-order chi connectivity index (χ0) is 19.3. The number of rotatable bonds is 5. The molecule has 1 heterocycles. The van der Waals surface area contributed by atoms with Crippen LogP contribution in [0.25, 0.3) is 0 Å². The molecule has 0 radical (unpaired) electrons. The van der Waals surface area contributed by atoms with Crippen LogP contribution in [0.3, 0.4) is 0 Å². The summed E-state index contributed by atoms with van der Waals surface area (Å²) in [6.07, 6.45) is 1.90. The third-order valence-electron chi connectivity index (χ3n) is 5.06. The van der Waals surface area contributed by atoms with Crippen LogP contribution in [0.5, 0.6) is 0 Å². The molecule has 5 unspecified atom stereocenters. The predicted molar refractivity (Wildman–Crippen MR) is 89.5 cm³/mol. The van der Waals surface area contributed by atoms with Crippen LogP contribution in [-0.2, 0) is 19.1 Å². The molecule has 3 rings (SSSR count). The minimum absolute atomic E-state index is 0.0348. The molecule has 148 valence electrons. The Morgan fingerprint density at radius 1 is 1.12 bits per heavy atom. The molecule has 1 aliphatic heterocycles. The van der Waals surface area contributed by atoms with Crippen molar-refractivity contribution in [2.75, 3.05) is 12.4 Å². The number of hydrogen-bond donors (Lipinski definition) is 0. The summed E-state index contributed by atoms with van der Waals surface area (Å²) in [6, 6.07) is 0. The highest BCUT2D eigenvalue weighted by molar-refractivity contribution is 8.21. The van der Waals surface area contributed by atoms with Crippen LogP contribution >= 0.6 is 23.5 Å². The first kappa shape index (κ1) is 20.1. The molecule has 26 heavy (non-hydrogen) atoms.